The van der Waals surface area contributed by atoms with Crippen LogP contribution in [0, 0.1) is 6.92 Å². The number of imidazole rings is 1. The largest absolute Gasteiger partial charge is 0.339 e. The Labute approximate surface area is 149 Å². The van der Waals surface area contributed by atoms with Crippen LogP contribution in [0.15, 0.2) is 71.6 Å². The molecule has 0 radical (unpaired) electrons. The highest BCUT2D eigenvalue weighted by Gasteiger charge is 2.14. The van der Waals surface area contributed by atoms with E-state index in [-0.39, 0.29) is 5.91 Å². The van der Waals surface area contributed by atoms with E-state index < -0.39 is 0 Å². The van der Waals surface area contributed by atoms with E-state index in [0.717, 1.165) is 11.3 Å². The first-order chi connectivity index (χ1) is 12.7. The summed E-state index contributed by atoms with van der Waals surface area (Å²) in [4.78, 5) is 21.0. The molecule has 4 rings (SSSR count). The zero-order valence-corrected chi connectivity index (χ0v) is 14.0. The number of anilines is 1. The molecule has 4 aromatic rings. The number of nitrogens with zero attached hydrogens (tertiary/aromatic N) is 4. The van der Waals surface area contributed by atoms with Gasteiger partial charge in [-0.3, -0.25) is 9.36 Å². The normalized spacial score (nSPS) is 10.7. The SMILES string of the molecule is Cc1nc(-c2cccc(NC(=O)c3cncn3-c3ccccc3)c2)no1. The number of para-hydroxylation sites is 1. The Morgan fingerprint density at radius 1 is 1.12 bits per heavy atom. The van der Waals surface area contributed by atoms with Crippen molar-refractivity contribution < 1.29 is 9.32 Å². The van der Waals surface area contributed by atoms with Crippen LogP contribution in [-0.4, -0.2) is 25.6 Å². The van der Waals surface area contributed by atoms with Gasteiger partial charge in [-0.15, -0.1) is 0 Å². The van der Waals surface area contributed by atoms with Crippen LogP contribution in [0.3, 0.4) is 0 Å². The predicted molar refractivity (Wildman–Crippen MR) is 96.0 cm³/mol. The summed E-state index contributed by atoms with van der Waals surface area (Å²) in [7, 11) is 0. The third-order valence-electron chi connectivity index (χ3n) is 3.81. The van der Waals surface area contributed by atoms with Gasteiger partial charge in [0.15, 0.2) is 0 Å². The van der Waals surface area contributed by atoms with E-state index in [0.29, 0.717) is 23.1 Å². The summed E-state index contributed by atoms with van der Waals surface area (Å²) in [6.07, 6.45) is 3.15. The first kappa shape index (κ1) is 15.8. The first-order valence-electron chi connectivity index (χ1n) is 8.00. The molecule has 0 aliphatic carbocycles. The molecule has 2 aromatic carbocycles. The van der Waals surface area contributed by atoms with Crippen molar-refractivity contribution in [1.82, 2.24) is 19.7 Å². The average Bonchev–Trinajstić information content (AvgIpc) is 3.32. The quantitative estimate of drug-likeness (QED) is 0.612. The van der Waals surface area contributed by atoms with E-state index in [2.05, 4.69) is 20.4 Å². The molecule has 128 valence electrons. The lowest BCUT2D eigenvalue weighted by atomic mass is 10.2. The topological polar surface area (TPSA) is 85.8 Å². The van der Waals surface area contributed by atoms with Crippen molar-refractivity contribution in [3.63, 3.8) is 0 Å². The van der Waals surface area contributed by atoms with Crippen LogP contribution < -0.4 is 5.32 Å². The van der Waals surface area contributed by atoms with E-state index in [4.69, 9.17) is 4.52 Å². The number of hydrogen-bond donors (Lipinski definition) is 1. The second-order valence-electron chi connectivity index (χ2n) is 5.66. The summed E-state index contributed by atoms with van der Waals surface area (Å²) < 4.78 is 6.74. The van der Waals surface area contributed by atoms with Crippen LogP contribution in [0.4, 0.5) is 5.69 Å². The summed E-state index contributed by atoms with van der Waals surface area (Å²) in [6.45, 7) is 1.73. The molecular formula is C19H15N5O2. The molecule has 2 heterocycles. The number of carbonyl (C=O) groups is 1. The molecule has 0 spiro atoms. The minimum Gasteiger partial charge on any atom is -0.339 e. The average molecular weight is 345 g/mol. The van der Waals surface area contributed by atoms with Gasteiger partial charge in [0.1, 0.15) is 5.69 Å². The maximum atomic E-state index is 12.7. The van der Waals surface area contributed by atoms with Crippen molar-refractivity contribution in [3.8, 4) is 17.1 Å². The van der Waals surface area contributed by atoms with Crippen LogP contribution >= 0.6 is 0 Å². The second-order valence-corrected chi connectivity index (χ2v) is 5.66. The number of amides is 1. The Kier molecular flexibility index (Phi) is 4.03. The number of nitrogens with one attached hydrogen (secondary N) is 1. The van der Waals surface area contributed by atoms with Gasteiger partial charge in [-0.1, -0.05) is 35.5 Å². The highest BCUT2D eigenvalue weighted by atomic mass is 16.5. The van der Waals surface area contributed by atoms with Gasteiger partial charge < -0.3 is 9.84 Å². The summed E-state index contributed by atoms with van der Waals surface area (Å²) >= 11 is 0. The highest BCUT2D eigenvalue weighted by molar-refractivity contribution is 6.03. The molecule has 0 aliphatic heterocycles. The fourth-order valence-corrected chi connectivity index (χ4v) is 2.61. The summed E-state index contributed by atoms with van der Waals surface area (Å²) in [5.74, 6) is 0.710. The molecule has 0 fully saturated rings. The molecule has 2 aromatic heterocycles. The fourth-order valence-electron chi connectivity index (χ4n) is 2.61. The van der Waals surface area contributed by atoms with Crippen molar-refractivity contribution in [2.24, 2.45) is 0 Å². The lowest BCUT2D eigenvalue weighted by molar-refractivity contribution is 0.102. The molecule has 7 nitrogen and oxygen atoms in total. The van der Waals surface area contributed by atoms with E-state index in [1.165, 1.54) is 6.20 Å². The van der Waals surface area contributed by atoms with Crippen LogP contribution in [0.1, 0.15) is 16.4 Å². The van der Waals surface area contributed by atoms with Gasteiger partial charge >= 0.3 is 0 Å². The maximum absolute atomic E-state index is 12.7. The van der Waals surface area contributed by atoms with E-state index >= 15 is 0 Å². The van der Waals surface area contributed by atoms with Crippen molar-refractivity contribution in [2.75, 3.05) is 5.32 Å². The van der Waals surface area contributed by atoms with Crippen molar-refractivity contribution in [1.29, 1.82) is 0 Å². The maximum Gasteiger partial charge on any atom is 0.274 e. The van der Waals surface area contributed by atoms with E-state index in [1.807, 2.05) is 42.5 Å². The molecule has 26 heavy (non-hydrogen) atoms. The van der Waals surface area contributed by atoms with E-state index in [1.54, 1.807) is 30.0 Å². The number of aromatic nitrogens is 4. The number of hydrogen-bond acceptors (Lipinski definition) is 5. The Hall–Kier alpha value is -3.74. The van der Waals surface area contributed by atoms with Gasteiger partial charge in [0.25, 0.3) is 5.91 Å². The minimum atomic E-state index is -0.257. The van der Waals surface area contributed by atoms with Crippen molar-refractivity contribution >= 4 is 11.6 Å². The second kappa shape index (κ2) is 6.64. The van der Waals surface area contributed by atoms with Gasteiger partial charge in [0.05, 0.1) is 12.5 Å². The first-order valence-corrected chi connectivity index (χ1v) is 8.00. The number of aryl methyl sites for hydroxylation is 1. The van der Waals surface area contributed by atoms with Gasteiger partial charge in [-0.2, -0.15) is 4.98 Å². The van der Waals surface area contributed by atoms with Gasteiger partial charge in [-0.25, -0.2) is 4.98 Å². The molecule has 0 atom stereocenters. The van der Waals surface area contributed by atoms with Crippen molar-refractivity contribution in [2.45, 2.75) is 6.92 Å². The fraction of sp³-hybridized carbons (Fsp3) is 0.0526. The highest BCUT2D eigenvalue weighted by Crippen LogP contribution is 2.21. The third-order valence-corrected chi connectivity index (χ3v) is 3.81. The van der Waals surface area contributed by atoms with E-state index in [9.17, 15) is 4.79 Å². The molecule has 0 unspecified atom stereocenters. The summed E-state index contributed by atoms with van der Waals surface area (Å²) in [5, 5.41) is 6.78. The molecule has 7 heteroatoms. The van der Waals surface area contributed by atoms with Crippen LogP contribution in [0.25, 0.3) is 17.1 Å². The molecule has 1 N–H and O–H groups in total. The summed E-state index contributed by atoms with van der Waals surface area (Å²) in [6, 6.07) is 16.9. The molecule has 0 aliphatic rings. The third kappa shape index (κ3) is 3.10. The monoisotopic (exact) mass is 345 g/mol. The minimum absolute atomic E-state index is 0.257. The standard InChI is InChI=1S/C19H15N5O2/c1-13-21-18(23-26-13)14-6-5-7-15(10-14)22-19(25)17-11-20-12-24(17)16-8-3-2-4-9-16/h2-12H,1H3,(H,22,25). The van der Waals surface area contributed by atoms with Crippen molar-refractivity contribution in [3.05, 3.63) is 78.7 Å². The molecule has 1 amide bonds. The Morgan fingerprint density at radius 3 is 2.73 bits per heavy atom. The predicted octanol–water partition coefficient (Wildman–Crippen LogP) is 3.48. The van der Waals surface area contributed by atoms with Gasteiger partial charge in [-0.05, 0) is 24.3 Å². The van der Waals surface area contributed by atoms with Crippen LogP contribution in [0.2, 0.25) is 0 Å². The Balaban J connectivity index is 1.59. The Bertz CT molecular complexity index is 1050. The summed E-state index contributed by atoms with van der Waals surface area (Å²) in [5.41, 5.74) is 2.70. The Morgan fingerprint density at radius 2 is 1.96 bits per heavy atom. The van der Waals surface area contributed by atoms with Crippen LogP contribution in [-0.2, 0) is 0 Å². The molecular weight excluding hydrogens is 330 g/mol. The zero-order chi connectivity index (χ0) is 17.9. The zero-order valence-electron chi connectivity index (χ0n) is 14.0. The van der Waals surface area contributed by atoms with Gasteiger partial charge in [0, 0.05) is 23.9 Å². The molecule has 0 saturated carbocycles. The van der Waals surface area contributed by atoms with Gasteiger partial charge in [0.2, 0.25) is 11.7 Å². The lowest BCUT2D eigenvalue weighted by Crippen LogP contribution is -2.16. The lowest BCUT2D eigenvalue weighted by Gasteiger charge is -2.09. The number of carbonyl (C=O) groups excluding carboxylic acids is 1. The number of rotatable bonds is 4. The molecule has 0 saturated heterocycles. The smallest absolute Gasteiger partial charge is 0.274 e. The molecule has 0 bridgehead atoms. The number of benzene rings is 2. The van der Waals surface area contributed by atoms with Crippen LogP contribution in [0.5, 0.6) is 0 Å².